The van der Waals surface area contributed by atoms with Gasteiger partial charge in [-0.25, -0.2) is 8.78 Å². The molecule has 0 spiro atoms. The summed E-state index contributed by atoms with van der Waals surface area (Å²) >= 11 is 3.15. The van der Waals surface area contributed by atoms with E-state index in [0.717, 1.165) is 11.1 Å². The lowest BCUT2D eigenvalue weighted by atomic mass is 9.96. The van der Waals surface area contributed by atoms with Gasteiger partial charge >= 0.3 is 0 Å². The molecule has 0 fully saturated rings. The van der Waals surface area contributed by atoms with Gasteiger partial charge in [0.15, 0.2) is 0 Å². The maximum absolute atomic E-state index is 14.1. The molecule has 2 aromatic rings. The van der Waals surface area contributed by atoms with Crippen molar-refractivity contribution in [3.8, 4) is 0 Å². The van der Waals surface area contributed by atoms with Crippen molar-refractivity contribution in [3.63, 3.8) is 0 Å². The Balaban J connectivity index is 2.34. The summed E-state index contributed by atoms with van der Waals surface area (Å²) in [4.78, 5) is 0. The van der Waals surface area contributed by atoms with Gasteiger partial charge in [0.25, 0.3) is 0 Å². The Bertz CT molecular complexity index is 617. The molecule has 0 amide bonds. The van der Waals surface area contributed by atoms with Crippen molar-refractivity contribution in [1.82, 2.24) is 5.43 Å². The lowest BCUT2D eigenvalue weighted by Crippen LogP contribution is -2.30. The number of benzene rings is 2. The Hall–Kier alpha value is -1.30. The van der Waals surface area contributed by atoms with Crippen LogP contribution in [0.3, 0.4) is 0 Å². The minimum absolute atomic E-state index is 0.309. The molecule has 2 nitrogen and oxygen atoms in total. The SMILES string of the molecule is Cc1ccc(F)cc1CC(NN)c1cccc(Br)c1F. The van der Waals surface area contributed by atoms with Crippen LogP contribution in [0.15, 0.2) is 40.9 Å². The van der Waals surface area contributed by atoms with Gasteiger partial charge in [-0.3, -0.25) is 11.3 Å². The van der Waals surface area contributed by atoms with Crippen molar-refractivity contribution in [2.24, 2.45) is 5.84 Å². The van der Waals surface area contributed by atoms with E-state index in [9.17, 15) is 8.78 Å². The lowest BCUT2D eigenvalue weighted by Gasteiger charge is -2.19. The van der Waals surface area contributed by atoms with Crippen LogP contribution >= 0.6 is 15.9 Å². The highest BCUT2D eigenvalue weighted by Gasteiger charge is 2.17. The highest BCUT2D eigenvalue weighted by molar-refractivity contribution is 9.10. The van der Waals surface area contributed by atoms with E-state index < -0.39 is 6.04 Å². The predicted molar refractivity (Wildman–Crippen MR) is 79.0 cm³/mol. The predicted octanol–water partition coefficient (Wildman–Crippen LogP) is 3.78. The van der Waals surface area contributed by atoms with Crippen molar-refractivity contribution in [2.75, 3.05) is 0 Å². The summed E-state index contributed by atoms with van der Waals surface area (Å²) in [6, 6.07) is 9.17. The molecule has 0 aliphatic heterocycles. The van der Waals surface area contributed by atoms with Crippen molar-refractivity contribution < 1.29 is 8.78 Å². The Kier molecular flexibility index (Phi) is 4.86. The number of hydrogen-bond donors (Lipinski definition) is 2. The number of rotatable bonds is 4. The number of nitrogens with one attached hydrogen (secondary N) is 1. The van der Waals surface area contributed by atoms with E-state index in [1.54, 1.807) is 24.3 Å². The van der Waals surface area contributed by atoms with Crippen molar-refractivity contribution in [3.05, 3.63) is 69.2 Å². The van der Waals surface area contributed by atoms with Crippen LogP contribution in [0.1, 0.15) is 22.7 Å². The molecule has 0 saturated heterocycles. The van der Waals surface area contributed by atoms with Gasteiger partial charge in [-0.05, 0) is 58.6 Å². The van der Waals surface area contributed by atoms with Crippen LogP contribution in [-0.2, 0) is 6.42 Å². The van der Waals surface area contributed by atoms with E-state index in [2.05, 4.69) is 21.4 Å². The summed E-state index contributed by atoms with van der Waals surface area (Å²) in [5, 5.41) is 0. The minimum Gasteiger partial charge on any atom is -0.271 e. The number of hydrogen-bond acceptors (Lipinski definition) is 2. The molecule has 0 radical (unpaired) electrons. The first kappa shape index (κ1) is 15.1. The molecule has 5 heteroatoms. The van der Waals surface area contributed by atoms with E-state index in [1.807, 2.05) is 6.92 Å². The topological polar surface area (TPSA) is 38.0 Å². The Morgan fingerprint density at radius 1 is 1.25 bits per heavy atom. The van der Waals surface area contributed by atoms with E-state index in [4.69, 9.17) is 5.84 Å². The van der Waals surface area contributed by atoms with E-state index >= 15 is 0 Å². The molecular weight excluding hydrogens is 326 g/mol. The van der Waals surface area contributed by atoms with Gasteiger partial charge in [0.1, 0.15) is 11.6 Å². The van der Waals surface area contributed by atoms with Gasteiger partial charge in [0, 0.05) is 5.56 Å². The summed E-state index contributed by atoms with van der Waals surface area (Å²) in [6.45, 7) is 1.89. The summed E-state index contributed by atoms with van der Waals surface area (Å²) in [5.74, 6) is 4.87. The first-order chi connectivity index (χ1) is 9.52. The summed E-state index contributed by atoms with van der Waals surface area (Å²) in [5.41, 5.74) is 4.79. The molecule has 0 saturated carbocycles. The number of halogens is 3. The third-order valence-corrected chi connectivity index (χ3v) is 3.91. The molecule has 1 atom stereocenters. The highest BCUT2D eigenvalue weighted by Crippen LogP contribution is 2.26. The van der Waals surface area contributed by atoms with Gasteiger partial charge in [-0.1, -0.05) is 18.2 Å². The number of hydrazine groups is 1. The molecule has 2 rings (SSSR count). The molecule has 0 aliphatic rings. The quantitative estimate of drug-likeness (QED) is 0.656. The molecule has 106 valence electrons. The standard InChI is InChI=1S/C15H15BrF2N2/c1-9-5-6-11(17)7-10(9)8-14(20-19)12-3-2-4-13(16)15(12)18/h2-7,14,20H,8,19H2,1H3. The third-order valence-electron chi connectivity index (χ3n) is 3.29. The summed E-state index contributed by atoms with van der Waals surface area (Å²) in [6.07, 6.45) is 0.410. The van der Waals surface area contributed by atoms with Crippen molar-refractivity contribution in [2.45, 2.75) is 19.4 Å². The molecule has 0 aliphatic carbocycles. The average Bonchev–Trinajstić information content (AvgIpc) is 2.43. The van der Waals surface area contributed by atoms with Crippen LogP contribution < -0.4 is 11.3 Å². The number of aryl methyl sites for hydroxylation is 1. The molecule has 1 unspecified atom stereocenters. The molecule has 0 aromatic heterocycles. The van der Waals surface area contributed by atoms with Gasteiger partial charge in [-0.2, -0.15) is 0 Å². The van der Waals surface area contributed by atoms with E-state index in [1.165, 1.54) is 12.1 Å². The zero-order valence-corrected chi connectivity index (χ0v) is 12.5. The fraction of sp³-hybridized carbons (Fsp3) is 0.200. The second-order valence-corrected chi connectivity index (χ2v) is 5.49. The van der Waals surface area contributed by atoms with E-state index in [-0.39, 0.29) is 11.6 Å². The minimum atomic E-state index is -0.423. The maximum atomic E-state index is 14.1. The smallest absolute Gasteiger partial charge is 0.142 e. The highest BCUT2D eigenvalue weighted by atomic mass is 79.9. The Labute approximate surface area is 125 Å². The van der Waals surface area contributed by atoms with Gasteiger partial charge in [0.05, 0.1) is 10.5 Å². The van der Waals surface area contributed by atoms with E-state index in [0.29, 0.717) is 16.5 Å². The zero-order valence-electron chi connectivity index (χ0n) is 11.0. The van der Waals surface area contributed by atoms with Crippen LogP contribution in [0.25, 0.3) is 0 Å². The largest absolute Gasteiger partial charge is 0.271 e. The fourth-order valence-electron chi connectivity index (χ4n) is 2.13. The van der Waals surface area contributed by atoms with Crippen LogP contribution in [0.2, 0.25) is 0 Å². The first-order valence-corrected chi connectivity index (χ1v) is 6.97. The zero-order chi connectivity index (χ0) is 14.7. The third kappa shape index (κ3) is 3.23. The fourth-order valence-corrected chi connectivity index (χ4v) is 2.51. The van der Waals surface area contributed by atoms with Crippen LogP contribution in [0.4, 0.5) is 8.78 Å². The first-order valence-electron chi connectivity index (χ1n) is 6.18. The number of nitrogens with two attached hydrogens (primary N) is 1. The van der Waals surface area contributed by atoms with Crippen LogP contribution in [0.5, 0.6) is 0 Å². The monoisotopic (exact) mass is 340 g/mol. The van der Waals surface area contributed by atoms with Crippen LogP contribution in [-0.4, -0.2) is 0 Å². The normalized spacial score (nSPS) is 12.4. The van der Waals surface area contributed by atoms with Crippen molar-refractivity contribution in [1.29, 1.82) is 0 Å². The molecule has 0 heterocycles. The van der Waals surface area contributed by atoms with Crippen molar-refractivity contribution >= 4 is 15.9 Å². The molecule has 3 N–H and O–H groups in total. The second-order valence-electron chi connectivity index (χ2n) is 4.64. The van der Waals surface area contributed by atoms with Gasteiger partial charge in [0.2, 0.25) is 0 Å². The van der Waals surface area contributed by atoms with Gasteiger partial charge in [-0.15, -0.1) is 0 Å². The van der Waals surface area contributed by atoms with Gasteiger partial charge < -0.3 is 0 Å². The molecule has 20 heavy (non-hydrogen) atoms. The summed E-state index contributed by atoms with van der Waals surface area (Å²) in [7, 11) is 0. The molecule has 2 aromatic carbocycles. The maximum Gasteiger partial charge on any atom is 0.142 e. The molecular formula is C15H15BrF2N2. The Morgan fingerprint density at radius 2 is 2.00 bits per heavy atom. The average molecular weight is 341 g/mol. The molecule has 0 bridgehead atoms. The van der Waals surface area contributed by atoms with Crippen LogP contribution in [0, 0.1) is 18.6 Å². The second kappa shape index (κ2) is 6.43. The summed E-state index contributed by atoms with van der Waals surface area (Å²) < 4.78 is 27.8. The Morgan fingerprint density at radius 3 is 2.70 bits per heavy atom. The lowest BCUT2D eigenvalue weighted by molar-refractivity contribution is 0.506.